The van der Waals surface area contributed by atoms with E-state index in [0.717, 1.165) is 5.56 Å². The Hall–Kier alpha value is -3.62. The lowest BCUT2D eigenvalue weighted by Gasteiger charge is -2.12. The number of hydrogen-bond acceptors (Lipinski definition) is 6. The minimum absolute atomic E-state index is 0.215. The predicted molar refractivity (Wildman–Crippen MR) is 108 cm³/mol. The largest absolute Gasteiger partial charge is 0.324 e. The average Bonchev–Trinajstić information content (AvgIpc) is 2.72. The van der Waals surface area contributed by atoms with Crippen LogP contribution in [0.1, 0.15) is 25.3 Å². The Labute approximate surface area is 168 Å². The van der Waals surface area contributed by atoms with Crippen LogP contribution in [0.2, 0.25) is 0 Å². The van der Waals surface area contributed by atoms with E-state index in [1.54, 1.807) is 6.92 Å². The number of nitrogens with one attached hydrogen (secondary N) is 2. The number of anilines is 1. The number of amides is 1. The first-order valence-electron chi connectivity index (χ1n) is 9.20. The fraction of sp³-hybridized carbons (Fsp3) is 0.300. The first-order chi connectivity index (χ1) is 14.0. The van der Waals surface area contributed by atoms with Crippen molar-refractivity contribution in [2.45, 2.75) is 32.7 Å². The van der Waals surface area contributed by atoms with Crippen molar-refractivity contribution in [2.75, 3.05) is 11.9 Å². The fourth-order valence-electron chi connectivity index (χ4n) is 2.60. The minimum Gasteiger partial charge on any atom is -0.324 e. The van der Waals surface area contributed by atoms with Crippen molar-refractivity contribution in [3.63, 3.8) is 0 Å². The Kier molecular flexibility index (Phi) is 8.43. The molecule has 0 fully saturated rings. The van der Waals surface area contributed by atoms with Gasteiger partial charge in [0.1, 0.15) is 6.29 Å². The predicted octanol–water partition coefficient (Wildman–Crippen LogP) is 2.56. The van der Waals surface area contributed by atoms with Crippen molar-refractivity contribution in [2.24, 2.45) is 5.22 Å². The summed E-state index contributed by atoms with van der Waals surface area (Å²) in [4.78, 5) is 34.9. The van der Waals surface area contributed by atoms with E-state index in [2.05, 4.69) is 15.6 Å². The van der Waals surface area contributed by atoms with Gasteiger partial charge in [-0.25, -0.2) is 4.68 Å². The summed E-state index contributed by atoms with van der Waals surface area (Å²) in [7, 11) is 0. The second-order valence-corrected chi connectivity index (χ2v) is 6.48. The van der Waals surface area contributed by atoms with Crippen molar-refractivity contribution in [3.8, 4) is 0 Å². The Morgan fingerprint density at radius 2 is 2.07 bits per heavy atom. The van der Waals surface area contributed by atoms with Gasteiger partial charge in [-0.05, 0) is 25.3 Å². The average molecular weight is 396 g/mol. The van der Waals surface area contributed by atoms with E-state index >= 15 is 0 Å². The number of allylic oxidation sites excluding steroid dienone is 1. The van der Waals surface area contributed by atoms with Gasteiger partial charge in [0.15, 0.2) is 0 Å². The quantitative estimate of drug-likeness (QED) is 0.199. The summed E-state index contributed by atoms with van der Waals surface area (Å²) in [5.74, 6) is -0.215. The molecule has 0 aliphatic carbocycles. The molecular weight excluding hydrogens is 372 g/mol. The van der Waals surface area contributed by atoms with Crippen molar-refractivity contribution in [1.82, 2.24) is 14.8 Å². The molecule has 0 radical (unpaired) electrons. The van der Waals surface area contributed by atoms with Crippen molar-refractivity contribution in [1.29, 1.82) is 5.53 Å². The van der Waals surface area contributed by atoms with Crippen LogP contribution in [0.4, 0.5) is 5.69 Å². The maximum absolute atomic E-state index is 12.2. The standard InChI is InChI=1S/C20H24N6O3/c1-16(15-27)14-25(24-21)9-5-6-10-26-20(29)12-18(13-22-26)23-19(28)11-17-7-3-2-4-8-17/h2-4,7-8,12-15,21H,5-6,9-11H2,1H3,(H,23,28)/b16-14+,24-21?. The molecule has 1 aromatic carbocycles. The van der Waals surface area contributed by atoms with Crippen molar-refractivity contribution in [3.05, 3.63) is 70.3 Å². The Morgan fingerprint density at radius 1 is 1.31 bits per heavy atom. The molecule has 9 nitrogen and oxygen atoms in total. The molecule has 1 heterocycles. The minimum atomic E-state index is -0.304. The normalized spacial score (nSPS) is 11.0. The topological polar surface area (TPSA) is 121 Å². The van der Waals surface area contributed by atoms with Crippen LogP contribution in [-0.2, 0) is 22.6 Å². The molecule has 0 saturated carbocycles. The lowest BCUT2D eigenvalue weighted by molar-refractivity contribution is -0.115. The second kappa shape index (κ2) is 11.3. The third-order valence-electron chi connectivity index (χ3n) is 4.03. The molecular formula is C20H24N6O3. The molecule has 0 aliphatic heterocycles. The van der Waals surface area contributed by atoms with E-state index in [1.807, 2.05) is 30.3 Å². The number of aryl methyl sites for hydroxylation is 1. The number of unbranched alkanes of at least 4 members (excludes halogenated alkanes) is 1. The molecule has 0 spiro atoms. The van der Waals surface area contributed by atoms with Gasteiger partial charge < -0.3 is 5.32 Å². The zero-order valence-electron chi connectivity index (χ0n) is 16.2. The van der Waals surface area contributed by atoms with Crippen molar-refractivity contribution < 1.29 is 9.59 Å². The van der Waals surface area contributed by atoms with E-state index in [1.165, 1.54) is 28.2 Å². The Balaban J connectivity index is 1.83. The van der Waals surface area contributed by atoms with Crippen LogP contribution in [0.15, 0.2) is 64.4 Å². The Bertz CT molecular complexity index is 923. The number of aromatic nitrogens is 2. The van der Waals surface area contributed by atoms with Crippen LogP contribution in [0, 0.1) is 5.53 Å². The van der Waals surface area contributed by atoms with E-state index in [-0.39, 0.29) is 17.9 Å². The molecule has 2 rings (SSSR count). The third kappa shape index (κ3) is 7.49. The van der Waals surface area contributed by atoms with Gasteiger partial charge in [-0.15, -0.1) is 0 Å². The summed E-state index contributed by atoms with van der Waals surface area (Å²) in [6, 6.07) is 10.7. The molecule has 29 heavy (non-hydrogen) atoms. The fourth-order valence-corrected chi connectivity index (χ4v) is 2.60. The van der Waals surface area contributed by atoms with Gasteiger partial charge in [0.2, 0.25) is 5.91 Å². The van der Waals surface area contributed by atoms with Gasteiger partial charge in [0.05, 0.1) is 18.3 Å². The maximum atomic E-state index is 12.2. The molecule has 1 aromatic heterocycles. The molecule has 152 valence electrons. The SMILES string of the molecule is C/C(C=O)=C\N(CCCCn1ncc(NC(=O)Cc2ccccc2)cc1=O)N=N. The summed E-state index contributed by atoms with van der Waals surface area (Å²) in [5.41, 5.74) is 8.52. The van der Waals surface area contributed by atoms with Crippen LogP contribution in [0.25, 0.3) is 0 Å². The third-order valence-corrected chi connectivity index (χ3v) is 4.03. The number of nitrogens with zero attached hydrogens (tertiary/aromatic N) is 4. The molecule has 0 saturated heterocycles. The highest BCUT2D eigenvalue weighted by molar-refractivity contribution is 5.91. The molecule has 2 N–H and O–H groups in total. The van der Waals surface area contributed by atoms with Gasteiger partial charge >= 0.3 is 0 Å². The first-order valence-corrected chi connectivity index (χ1v) is 9.20. The van der Waals surface area contributed by atoms with Gasteiger partial charge in [-0.2, -0.15) is 10.6 Å². The summed E-state index contributed by atoms with van der Waals surface area (Å²) < 4.78 is 1.32. The highest BCUT2D eigenvalue weighted by Gasteiger charge is 2.06. The van der Waals surface area contributed by atoms with Gasteiger partial charge in [0.25, 0.3) is 5.56 Å². The molecule has 0 atom stereocenters. The van der Waals surface area contributed by atoms with E-state index in [0.29, 0.717) is 43.5 Å². The molecule has 0 bridgehead atoms. The van der Waals surface area contributed by atoms with E-state index in [9.17, 15) is 14.4 Å². The summed E-state index contributed by atoms with van der Waals surface area (Å²) in [6.45, 7) is 2.49. The van der Waals surface area contributed by atoms with E-state index < -0.39 is 0 Å². The molecule has 9 heteroatoms. The Morgan fingerprint density at radius 3 is 2.72 bits per heavy atom. The number of carbonyl (C=O) groups excluding carboxylic acids is 2. The van der Waals surface area contributed by atoms with Crippen LogP contribution < -0.4 is 10.9 Å². The summed E-state index contributed by atoms with van der Waals surface area (Å²) in [5, 5.41) is 11.5. The molecule has 0 unspecified atom stereocenters. The van der Waals surface area contributed by atoms with Gasteiger partial charge in [-0.3, -0.25) is 19.4 Å². The van der Waals surface area contributed by atoms with E-state index in [4.69, 9.17) is 5.53 Å². The first kappa shape index (κ1) is 21.7. The van der Waals surface area contributed by atoms with Crippen molar-refractivity contribution >= 4 is 17.9 Å². The zero-order chi connectivity index (χ0) is 21.1. The number of rotatable bonds is 11. The van der Waals surface area contributed by atoms with Gasteiger partial charge in [-0.1, -0.05) is 35.6 Å². The number of hydrogen-bond donors (Lipinski definition) is 2. The number of benzene rings is 1. The van der Waals surface area contributed by atoms with Crippen LogP contribution in [0.3, 0.4) is 0 Å². The van der Waals surface area contributed by atoms with Gasteiger partial charge in [0, 0.05) is 30.9 Å². The van der Waals surface area contributed by atoms with Crippen LogP contribution in [0.5, 0.6) is 0 Å². The van der Waals surface area contributed by atoms with Crippen LogP contribution in [-0.4, -0.2) is 33.5 Å². The summed E-state index contributed by atoms with van der Waals surface area (Å²) in [6.07, 6.45) is 5.17. The highest BCUT2D eigenvalue weighted by Crippen LogP contribution is 2.05. The molecule has 1 amide bonds. The molecule has 2 aromatic rings. The number of carbonyl (C=O) groups is 2. The lowest BCUT2D eigenvalue weighted by atomic mass is 10.1. The number of aldehydes is 1. The lowest BCUT2D eigenvalue weighted by Crippen LogP contribution is -2.24. The maximum Gasteiger partial charge on any atom is 0.268 e. The smallest absolute Gasteiger partial charge is 0.268 e. The zero-order valence-corrected chi connectivity index (χ0v) is 16.2. The van der Waals surface area contributed by atoms with Crippen LogP contribution >= 0.6 is 0 Å². The highest BCUT2D eigenvalue weighted by atomic mass is 16.2. The molecule has 0 aliphatic rings. The summed E-state index contributed by atoms with van der Waals surface area (Å²) >= 11 is 0. The second-order valence-electron chi connectivity index (χ2n) is 6.48. The monoisotopic (exact) mass is 396 g/mol.